The molecule has 0 spiro atoms. The minimum Gasteiger partial charge on any atom is -0.322 e. The molecule has 0 saturated carbocycles. The van der Waals surface area contributed by atoms with Crippen LogP contribution in [0.25, 0.3) is 21.7 Å². The second-order valence-electron chi connectivity index (χ2n) is 8.86. The summed E-state index contributed by atoms with van der Waals surface area (Å²) in [5.74, 6) is -0.251. The molecule has 0 aliphatic rings. The highest BCUT2D eigenvalue weighted by molar-refractivity contribution is 5.83. The molecule has 0 unspecified atom stereocenters. The molecule has 0 aliphatic carbocycles. The third kappa shape index (κ3) is 4.92. The lowest BCUT2D eigenvalue weighted by molar-refractivity contribution is 0.246. The molecule has 0 atom stereocenters. The first-order valence-electron chi connectivity index (χ1n) is 11.7. The third-order valence-electron chi connectivity index (χ3n) is 6.30. The smallest absolute Gasteiger partial charge is 0.252 e. The van der Waals surface area contributed by atoms with Crippen LogP contribution in [-0.4, -0.2) is 9.88 Å². The number of nitrogens with zero attached hydrogens (tertiary/aromatic N) is 1. The van der Waals surface area contributed by atoms with Crippen LogP contribution in [-0.2, 0) is 26.1 Å². The molecule has 4 heteroatoms. The fourth-order valence-corrected chi connectivity index (χ4v) is 4.54. The van der Waals surface area contributed by atoms with Gasteiger partial charge in [0.25, 0.3) is 5.56 Å². The van der Waals surface area contributed by atoms with Crippen molar-refractivity contribution in [3.8, 4) is 0 Å². The number of rotatable bonds is 7. The number of aromatic nitrogens is 1. The van der Waals surface area contributed by atoms with E-state index in [0.29, 0.717) is 25.2 Å². The van der Waals surface area contributed by atoms with Gasteiger partial charge in [0.2, 0.25) is 0 Å². The number of halogens is 1. The van der Waals surface area contributed by atoms with Gasteiger partial charge in [0, 0.05) is 30.7 Å². The summed E-state index contributed by atoms with van der Waals surface area (Å²) in [6.45, 7) is 3.77. The fourth-order valence-electron chi connectivity index (χ4n) is 4.54. The highest BCUT2D eigenvalue weighted by atomic mass is 19.1. The first-order valence-corrected chi connectivity index (χ1v) is 11.7. The number of H-pyrrole nitrogens is 1. The largest absolute Gasteiger partial charge is 0.322 e. The molecule has 4 aromatic carbocycles. The number of pyridine rings is 1. The molecule has 3 nitrogen and oxygen atoms in total. The van der Waals surface area contributed by atoms with Gasteiger partial charge in [-0.1, -0.05) is 61.5 Å². The maximum atomic E-state index is 13.9. The monoisotopic (exact) mass is 450 g/mol. The number of hydrogen-bond acceptors (Lipinski definition) is 2. The van der Waals surface area contributed by atoms with E-state index < -0.39 is 0 Å². The van der Waals surface area contributed by atoms with Crippen molar-refractivity contribution in [1.29, 1.82) is 0 Å². The summed E-state index contributed by atoms with van der Waals surface area (Å²) in [6.07, 6.45) is 0.943. The van der Waals surface area contributed by atoms with E-state index in [0.717, 1.165) is 28.5 Å². The van der Waals surface area contributed by atoms with Gasteiger partial charge in [0.1, 0.15) is 5.82 Å². The molecule has 1 heterocycles. The van der Waals surface area contributed by atoms with Crippen LogP contribution in [0.1, 0.15) is 29.2 Å². The average molecular weight is 451 g/mol. The Morgan fingerprint density at radius 2 is 1.44 bits per heavy atom. The molecule has 1 aromatic heterocycles. The Hall–Kier alpha value is -3.76. The summed E-state index contributed by atoms with van der Waals surface area (Å²) < 4.78 is 13.9. The summed E-state index contributed by atoms with van der Waals surface area (Å²) in [5, 5.41) is 3.41. The minimum absolute atomic E-state index is 0.0838. The molecule has 0 saturated heterocycles. The Morgan fingerprint density at radius 3 is 2.24 bits per heavy atom. The zero-order valence-corrected chi connectivity index (χ0v) is 19.2. The van der Waals surface area contributed by atoms with Gasteiger partial charge in [-0.15, -0.1) is 0 Å². The number of nitrogens with one attached hydrogen (secondary N) is 1. The van der Waals surface area contributed by atoms with Gasteiger partial charge < -0.3 is 4.98 Å². The first kappa shape index (κ1) is 22.1. The topological polar surface area (TPSA) is 36.1 Å². The normalized spacial score (nSPS) is 11.5. The van der Waals surface area contributed by atoms with E-state index in [1.165, 1.54) is 22.4 Å². The van der Waals surface area contributed by atoms with Crippen LogP contribution in [0.3, 0.4) is 0 Å². The molecule has 170 valence electrons. The predicted octanol–water partition coefficient (Wildman–Crippen LogP) is 6.59. The number of benzene rings is 4. The Morgan fingerprint density at radius 1 is 0.706 bits per heavy atom. The molecule has 0 amide bonds. The van der Waals surface area contributed by atoms with Gasteiger partial charge in [-0.3, -0.25) is 9.69 Å². The summed E-state index contributed by atoms with van der Waals surface area (Å²) in [5.41, 5.74) is 4.74. The van der Waals surface area contributed by atoms with Gasteiger partial charge in [0.15, 0.2) is 0 Å². The second-order valence-corrected chi connectivity index (χ2v) is 8.86. The van der Waals surface area contributed by atoms with E-state index in [1.807, 2.05) is 36.4 Å². The van der Waals surface area contributed by atoms with Crippen LogP contribution in [0.5, 0.6) is 0 Å². The quantitative estimate of drug-likeness (QED) is 0.304. The maximum Gasteiger partial charge on any atom is 0.252 e. The number of hydrogen-bond donors (Lipinski definition) is 1. The molecular formula is C30H27FN2O. The summed E-state index contributed by atoms with van der Waals surface area (Å²) in [7, 11) is 0. The number of aryl methyl sites for hydroxylation is 1. The van der Waals surface area contributed by atoms with Crippen molar-refractivity contribution < 1.29 is 4.39 Å². The van der Waals surface area contributed by atoms with Crippen LogP contribution < -0.4 is 5.56 Å². The molecule has 0 radical (unpaired) electrons. The molecule has 5 aromatic rings. The van der Waals surface area contributed by atoms with E-state index in [1.54, 1.807) is 12.1 Å². The van der Waals surface area contributed by atoms with Crippen LogP contribution in [0.15, 0.2) is 95.8 Å². The van der Waals surface area contributed by atoms with Gasteiger partial charge in [0.05, 0.1) is 0 Å². The first-order chi connectivity index (χ1) is 16.6. The summed E-state index contributed by atoms with van der Waals surface area (Å²) >= 11 is 0. The van der Waals surface area contributed by atoms with Gasteiger partial charge in [-0.05, 0) is 75.7 Å². The number of fused-ring (bicyclic) bond motifs is 2. The molecule has 0 bridgehead atoms. The van der Waals surface area contributed by atoms with E-state index in [-0.39, 0.29) is 11.4 Å². The predicted molar refractivity (Wildman–Crippen MR) is 137 cm³/mol. The van der Waals surface area contributed by atoms with Crippen molar-refractivity contribution in [3.05, 3.63) is 129 Å². The van der Waals surface area contributed by atoms with Crippen molar-refractivity contribution in [3.63, 3.8) is 0 Å². The minimum atomic E-state index is -0.251. The van der Waals surface area contributed by atoms with Crippen molar-refractivity contribution in [2.45, 2.75) is 33.0 Å². The van der Waals surface area contributed by atoms with Crippen molar-refractivity contribution in [2.24, 2.45) is 0 Å². The molecular weight excluding hydrogens is 423 g/mol. The molecule has 0 fully saturated rings. The van der Waals surface area contributed by atoms with E-state index in [9.17, 15) is 9.18 Å². The Labute approximate surface area is 198 Å². The zero-order chi connectivity index (χ0) is 23.5. The molecule has 5 rings (SSSR count). The fraction of sp³-hybridized carbons (Fsp3) is 0.167. The lowest BCUT2D eigenvalue weighted by Gasteiger charge is -2.23. The second kappa shape index (κ2) is 9.62. The lowest BCUT2D eigenvalue weighted by Crippen LogP contribution is -2.26. The van der Waals surface area contributed by atoms with E-state index in [2.05, 4.69) is 53.2 Å². The van der Waals surface area contributed by atoms with E-state index in [4.69, 9.17) is 0 Å². The van der Waals surface area contributed by atoms with Crippen molar-refractivity contribution >= 4 is 21.7 Å². The van der Waals surface area contributed by atoms with Crippen LogP contribution >= 0.6 is 0 Å². The molecule has 0 aliphatic heterocycles. The SMILES string of the molecule is CCc1ccc2[nH]c(=O)c(CN(Cc3cccc(F)c3)Cc3ccc4ccccc4c3)cc2c1. The standard InChI is InChI=1S/C30H27FN2O/c1-2-21-11-13-29-26(14-21)17-27(30(34)32-29)20-33(18-22-6-5-9-28(31)16-22)19-23-10-12-24-7-3-4-8-25(24)15-23/h3-17H,2,18-20H2,1H3,(H,32,34). The van der Waals surface area contributed by atoms with Gasteiger partial charge in [-0.2, -0.15) is 0 Å². The molecule has 1 N–H and O–H groups in total. The Kier molecular flexibility index (Phi) is 6.24. The van der Waals surface area contributed by atoms with E-state index >= 15 is 0 Å². The van der Waals surface area contributed by atoms with Crippen LogP contribution in [0.2, 0.25) is 0 Å². The van der Waals surface area contributed by atoms with Crippen LogP contribution in [0.4, 0.5) is 4.39 Å². The Balaban J connectivity index is 1.49. The molecule has 34 heavy (non-hydrogen) atoms. The summed E-state index contributed by atoms with van der Waals surface area (Å²) in [4.78, 5) is 18.1. The third-order valence-corrected chi connectivity index (χ3v) is 6.30. The number of aromatic amines is 1. The van der Waals surface area contributed by atoms with Gasteiger partial charge >= 0.3 is 0 Å². The van der Waals surface area contributed by atoms with Crippen LogP contribution in [0, 0.1) is 5.82 Å². The lowest BCUT2D eigenvalue weighted by atomic mass is 10.1. The zero-order valence-electron chi connectivity index (χ0n) is 19.2. The van der Waals surface area contributed by atoms with Crippen molar-refractivity contribution in [1.82, 2.24) is 9.88 Å². The Bertz CT molecular complexity index is 1520. The average Bonchev–Trinajstić information content (AvgIpc) is 2.84. The van der Waals surface area contributed by atoms with Crippen molar-refractivity contribution in [2.75, 3.05) is 0 Å². The van der Waals surface area contributed by atoms with Gasteiger partial charge in [-0.25, -0.2) is 4.39 Å². The maximum absolute atomic E-state index is 13.9. The summed E-state index contributed by atoms with van der Waals surface area (Å²) in [6, 6.07) is 29.5. The highest BCUT2D eigenvalue weighted by Crippen LogP contribution is 2.20. The highest BCUT2D eigenvalue weighted by Gasteiger charge is 2.13.